The summed E-state index contributed by atoms with van der Waals surface area (Å²) in [5.74, 6) is 2.77. The lowest BCUT2D eigenvalue weighted by molar-refractivity contribution is 0.412. The average molecular weight is 493 g/mol. The van der Waals surface area contributed by atoms with Crippen molar-refractivity contribution in [2.45, 2.75) is 19.6 Å². The minimum absolute atomic E-state index is 0.594. The molecule has 33 heavy (non-hydrogen) atoms. The van der Waals surface area contributed by atoms with Gasteiger partial charge in [-0.05, 0) is 82.4 Å². The summed E-state index contributed by atoms with van der Waals surface area (Å²) in [5, 5.41) is 8.19. The van der Waals surface area contributed by atoms with E-state index in [1.54, 1.807) is 32.7 Å². The molecule has 168 valence electrons. The molecule has 2 unspecified atom stereocenters. The molecule has 0 fully saturated rings. The molecule has 0 N–H and O–H groups in total. The Morgan fingerprint density at radius 3 is 2.15 bits per heavy atom. The number of thiol groups is 2. The van der Waals surface area contributed by atoms with Crippen LogP contribution in [-0.4, -0.2) is 21.3 Å². The van der Waals surface area contributed by atoms with Crippen molar-refractivity contribution >= 4 is 55.4 Å². The fourth-order valence-corrected chi connectivity index (χ4v) is 10.2. The second-order valence-corrected chi connectivity index (χ2v) is 12.7. The molecule has 1 aromatic heterocycles. The van der Waals surface area contributed by atoms with E-state index >= 15 is 0 Å². The van der Waals surface area contributed by atoms with Crippen molar-refractivity contribution in [1.82, 2.24) is 0 Å². The van der Waals surface area contributed by atoms with Gasteiger partial charge in [-0.25, -0.2) is 0 Å². The van der Waals surface area contributed by atoms with Crippen molar-refractivity contribution in [3.8, 4) is 17.2 Å². The predicted octanol–water partition coefficient (Wildman–Crippen LogP) is 7.73. The lowest BCUT2D eigenvalue weighted by Crippen LogP contribution is -1.93. The number of benzene rings is 3. The van der Waals surface area contributed by atoms with Crippen molar-refractivity contribution in [3.63, 3.8) is 0 Å². The molecular formula is C27H24O3S3. The SMILES string of the molecule is COc1ccc2c(c1)C=C[SH]2c1cc(OC)cc2c1C=C[SH]2c1ccc(OC)c2sccc12. The Bertz CT molecular complexity index is 1450. The van der Waals surface area contributed by atoms with Crippen molar-refractivity contribution in [2.24, 2.45) is 0 Å². The first-order valence-electron chi connectivity index (χ1n) is 10.6. The molecule has 6 heteroatoms. The van der Waals surface area contributed by atoms with Crippen LogP contribution in [0.2, 0.25) is 0 Å². The summed E-state index contributed by atoms with van der Waals surface area (Å²) in [6, 6.07) is 17.4. The van der Waals surface area contributed by atoms with E-state index in [-0.39, 0.29) is 0 Å². The molecule has 0 saturated carbocycles. The normalized spacial score (nSPS) is 20.1. The molecule has 0 saturated heterocycles. The minimum Gasteiger partial charge on any atom is -0.497 e. The van der Waals surface area contributed by atoms with E-state index in [2.05, 4.69) is 76.9 Å². The number of hydrogen-bond acceptors (Lipinski definition) is 4. The minimum atomic E-state index is -0.618. The maximum absolute atomic E-state index is 5.79. The molecule has 4 aromatic rings. The fraction of sp³-hybridized carbons (Fsp3) is 0.111. The maximum atomic E-state index is 5.79. The van der Waals surface area contributed by atoms with Crippen LogP contribution in [0.4, 0.5) is 0 Å². The highest BCUT2D eigenvalue weighted by atomic mass is 32.2. The van der Waals surface area contributed by atoms with Gasteiger partial charge >= 0.3 is 0 Å². The summed E-state index contributed by atoms with van der Waals surface area (Å²) in [6.45, 7) is 0. The van der Waals surface area contributed by atoms with E-state index in [0.717, 1.165) is 17.2 Å². The van der Waals surface area contributed by atoms with Gasteiger partial charge in [-0.3, -0.25) is 0 Å². The van der Waals surface area contributed by atoms with Gasteiger partial charge in [-0.15, -0.1) is 11.3 Å². The van der Waals surface area contributed by atoms with Gasteiger partial charge in [-0.2, -0.15) is 21.8 Å². The number of methoxy groups -OCH3 is 3. The van der Waals surface area contributed by atoms with E-state index in [0.29, 0.717) is 0 Å². The topological polar surface area (TPSA) is 27.7 Å². The third kappa shape index (κ3) is 3.28. The van der Waals surface area contributed by atoms with Crippen molar-refractivity contribution in [2.75, 3.05) is 21.3 Å². The van der Waals surface area contributed by atoms with E-state index < -0.39 is 21.8 Å². The molecule has 6 rings (SSSR count). The standard InChI is InChI=1S/C27H24O3S3/c1-28-18-4-6-23-17(14-18)9-12-32(23)25-15-19(29-2)16-26-20(25)10-13-33(26)24-7-5-22(30-3)27-21(24)8-11-31-27/h4-16,32-33H,1-3H3. The van der Waals surface area contributed by atoms with Gasteiger partial charge in [-0.1, -0.05) is 0 Å². The number of rotatable bonds is 5. The summed E-state index contributed by atoms with van der Waals surface area (Å²) in [7, 11) is 4.01. The number of fused-ring (bicyclic) bond motifs is 3. The second kappa shape index (κ2) is 8.20. The van der Waals surface area contributed by atoms with Gasteiger partial charge in [0, 0.05) is 30.5 Å². The van der Waals surface area contributed by atoms with E-state index in [1.165, 1.54) is 40.8 Å². The quantitative estimate of drug-likeness (QED) is 0.279. The van der Waals surface area contributed by atoms with E-state index in [9.17, 15) is 0 Å². The molecule has 0 aliphatic carbocycles. The molecule has 3 heterocycles. The summed E-state index contributed by atoms with van der Waals surface area (Å²) < 4.78 is 18.1. The lowest BCUT2D eigenvalue weighted by atomic mass is 10.2. The van der Waals surface area contributed by atoms with E-state index in [4.69, 9.17) is 14.2 Å². The van der Waals surface area contributed by atoms with Gasteiger partial charge in [0.15, 0.2) is 0 Å². The van der Waals surface area contributed by atoms with Crippen LogP contribution in [0.25, 0.3) is 22.2 Å². The van der Waals surface area contributed by atoms with Gasteiger partial charge in [0.2, 0.25) is 0 Å². The Balaban J connectivity index is 1.49. The first kappa shape index (κ1) is 20.8. The first-order chi connectivity index (χ1) is 16.2. The molecule has 3 aromatic carbocycles. The molecule has 2 atom stereocenters. The smallest absolute Gasteiger partial charge is 0.136 e. The zero-order valence-electron chi connectivity index (χ0n) is 18.5. The first-order valence-corrected chi connectivity index (χ1v) is 14.3. The lowest BCUT2D eigenvalue weighted by Gasteiger charge is -2.23. The summed E-state index contributed by atoms with van der Waals surface area (Å²) in [5.41, 5.74) is 2.59. The molecule has 2 aliphatic heterocycles. The molecule has 0 spiro atoms. The Morgan fingerprint density at radius 1 is 0.667 bits per heavy atom. The summed E-state index contributed by atoms with van der Waals surface area (Å²) in [6.07, 6.45) is 4.56. The summed E-state index contributed by atoms with van der Waals surface area (Å²) >= 11 is 1.74. The van der Waals surface area contributed by atoms with Crippen LogP contribution in [0.5, 0.6) is 17.2 Å². The fourth-order valence-electron chi connectivity index (χ4n) is 4.57. The zero-order valence-corrected chi connectivity index (χ0v) is 21.1. The van der Waals surface area contributed by atoms with Crippen LogP contribution in [-0.2, 0) is 0 Å². The Kier molecular flexibility index (Phi) is 5.17. The Morgan fingerprint density at radius 2 is 1.39 bits per heavy atom. The Hall–Kier alpha value is -2.80. The monoisotopic (exact) mass is 492 g/mol. The van der Waals surface area contributed by atoms with Gasteiger partial charge in [0.05, 0.1) is 26.0 Å². The highest BCUT2D eigenvalue weighted by Crippen LogP contribution is 2.62. The maximum Gasteiger partial charge on any atom is 0.136 e. The van der Waals surface area contributed by atoms with Crippen LogP contribution in [0.3, 0.4) is 0 Å². The third-order valence-corrected chi connectivity index (χ3v) is 11.6. The van der Waals surface area contributed by atoms with Crippen LogP contribution in [0.15, 0.2) is 84.3 Å². The van der Waals surface area contributed by atoms with E-state index in [1.807, 2.05) is 0 Å². The van der Waals surface area contributed by atoms with Crippen LogP contribution >= 0.6 is 33.1 Å². The largest absolute Gasteiger partial charge is 0.497 e. The second-order valence-electron chi connectivity index (χ2n) is 7.83. The zero-order chi connectivity index (χ0) is 22.5. The van der Waals surface area contributed by atoms with Crippen molar-refractivity contribution in [3.05, 3.63) is 75.9 Å². The summed E-state index contributed by atoms with van der Waals surface area (Å²) in [4.78, 5) is 5.47. The molecule has 0 radical (unpaired) electrons. The molecule has 2 aliphatic rings. The molecular weight excluding hydrogens is 468 g/mol. The van der Waals surface area contributed by atoms with Crippen molar-refractivity contribution < 1.29 is 14.2 Å². The van der Waals surface area contributed by atoms with Gasteiger partial charge in [0.25, 0.3) is 0 Å². The highest BCUT2D eigenvalue weighted by Gasteiger charge is 2.26. The van der Waals surface area contributed by atoms with Gasteiger partial charge in [0.1, 0.15) is 17.2 Å². The van der Waals surface area contributed by atoms with Crippen LogP contribution < -0.4 is 14.2 Å². The number of ether oxygens (including phenoxy) is 3. The third-order valence-electron chi connectivity index (χ3n) is 6.19. The Labute approximate surface area is 203 Å². The van der Waals surface area contributed by atoms with Crippen LogP contribution in [0.1, 0.15) is 11.1 Å². The van der Waals surface area contributed by atoms with Gasteiger partial charge < -0.3 is 14.2 Å². The average Bonchev–Trinajstić information content (AvgIpc) is 3.60. The highest BCUT2D eigenvalue weighted by molar-refractivity contribution is 8.21. The van der Waals surface area contributed by atoms with Crippen molar-refractivity contribution in [1.29, 1.82) is 0 Å². The molecule has 0 bridgehead atoms. The van der Waals surface area contributed by atoms with Crippen LogP contribution in [0, 0.1) is 0 Å². The number of hydrogen-bond donors (Lipinski definition) is 2. The predicted molar refractivity (Wildman–Crippen MR) is 143 cm³/mol. The molecule has 3 nitrogen and oxygen atoms in total. The molecule has 0 amide bonds. The number of thiophene rings is 1.